The van der Waals surface area contributed by atoms with E-state index in [1.165, 1.54) is 4.90 Å². The zero-order valence-corrected chi connectivity index (χ0v) is 14.3. The highest BCUT2D eigenvalue weighted by Crippen LogP contribution is 2.17. The Bertz CT molecular complexity index is 540. The second kappa shape index (κ2) is 8.45. The van der Waals surface area contributed by atoms with Gasteiger partial charge in [0.05, 0.1) is 6.42 Å². The molecule has 2 amide bonds. The Kier molecular flexibility index (Phi) is 6.93. The molecule has 0 spiro atoms. The molecule has 7 nitrogen and oxygen atoms in total. The molecule has 7 heteroatoms. The summed E-state index contributed by atoms with van der Waals surface area (Å²) in [5, 5.41) is 11.4. The SMILES string of the molecule is CN(CCC(=O)O)C(=O)NCCCc1ccnc(C(C)(C)C)n1. The zero-order chi connectivity index (χ0) is 17.5. The van der Waals surface area contributed by atoms with Crippen molar-refractivity contribution in [3.63, 3.8) is 0 Å². The Morgan fingerprint density at radius 2 is 2.04 bits per heavy atom. The van der Waals surface area contributed by atoms with E-state index in [0.717, 1.165) is 24.4 Å². The number of urea groups is 1. The van der Waals surface area contributed by atoms with Crippen molar-refractivity contribution >= 4 is 12.0 Å². The molecule has 2 N–H and O–H groups in total. The van der Waals surface area contributed by atoms with Crippen molar-refractivity contribution in [1.29, 1.82) is 0 Å². The van der Waals surface area contributed by atoms with E-state index >= 15 is 0 Å². The number of aliphatic carboxylic acids is 1. The Hall–Kier alpha value is -2.18. The van der Waals surface area contributed by atoms with Crippen molar-refractivity contribution in [1.82, 2.24) is 20.2 Å². The topological polar surface area (TPSA) is 95.4 Å². The summed E-state index contributed by atoms with van der Waals surface area (Å²) in [6.07, 6.45) is 3.23. The molecule has 0 radical (unpaired) electrons. The summed E-state index contributed by atoms with van der Waals surface area (Å²) in [7, 11) is 1.58. The summed E-state index contributed by atoms with van der Waals surface area (Å²) in [6.45, 7) is 6.92. The minimum Gasteiger partial charge on any atom is -0.481 e. The number of rotatable bonds is 7. The van der Waals surface area contributed by atoms with Gasteiger partial charge in [0.15, 0.2) is 0 Å². The van der Waals surface area contributed by atoms with Crippen LogP contribution in [0.1, 0.15) is 45.1 Å². The van der Waals surface area contributed by atoms with Crippen molar-refractivity contribution in [2.75, 3.05) is 20.1 Å². The van der Waals surface area contributed by atoms with E-state index in [1.807, 2.05) is 6.07 Å². The molecule has 0 aliphatic rings. The number of aryl methyl sites for hydroxylation is 1. The van der Waals surface area contributed by atoms with Gasteiger partial charge in [0, 0.05) is 37.4 Å². The number of carbonyl (C=O) groups excluding carboxylic acids is 1. The number of hydrogen-bond acceptors (Lipinski definition) is 4. The molecule has 0 saturated heterocycles. The third-order valence-corrected chi connectivity index (χ3v) is 3.28. The van der Waals surface area contributed by atoms with Crippen molar-refractivity contribution in [3.8, 4) is 0 Å². The maximum Gasteiger partial charge on any atom is 0.317 e. The second-order valence-corrected chi connectivity index (χ2v) is 6.52. The summed E-state index contributed by atoms with van der Waals surface area (Å²) < 4.78 is 0. The molecule has 0 aromatic carbocycles. The average molecular weight is 322 g/mol. The maximum absolute atomic E-state index is 11.7. The Morgan fingerprint density at radius 3 is 2.65 bits per heavy atom. The highest BCUT2D eigenvalue weighted by atomic mass is 16.4. The number of amides is 2. The standard InChI is InChI=1S/C16H26N4O3/c1-16(2,3)14-17-10-7-12(19-14)6-5-9-18-15(23)20(4)11-8-13(21)22/h7,10H,5-6,8-9,11H2,1-4H3,(H,18,23)(H,21,22). The summed E-state index contributed by atoms with van der Waals surface area (Å²) in [6, 6.07) is 1.63. The molecule has 1 aromatic heterocycles. The fourth-order valence-corrected chi connectivity index (χ4v) is 1.86. The van der Waals surface area contributed by atoms with Crippen LogP contribution in [0.25, 0.3) is 0 Å². The van der Waals surface area contributed by atoms with Gasteiger partial charge in [-0.15, -0.1) is 0 Å². The number of aromatic nitrogens is 2. The summed E-state index contributed by atoms with van der Waals surface area (Å²) in [5.74, 6) is -0.101. The molecule has 23 heavy (non-hydrogen) atoms. The van der Waals surface area contributed by atoms with Gasteiger partial charge < -0.3 is 15.3 Å². The quantitative estimate of drug-likeness (QED) is 0.747. The molecule has 1 rings (SSSR count). The van der Waals surface area contributed by atoms with Crippen LogP contribution in [-0.4, -0.2) is 52.1 Å². The zero-order valence-electron chi connectivity index (χ0n) is 14.3. The predicted octanol–water partition coefficient (Wildman–Crippen LogP) is 1.82. The number of nitrogens with one attached hydrogen (secondary N) is 1. The number of carbonyl (C=O) groups is 2. The first-order valence-electron chi connectivity index (χ1n) is 7.73. The lowest BCUT2D eigenvalue weighted by Crippen LogP contribution is -2.38. The van der Waals surface area contributed by atoms with Crippen LogP contribution in [0.4, 0.5) is 4.79 Å². The predicted molar refractivity (Wildman–Crippen MR) is 87.3 cm³/mol. The van der Waals surface area contributed by atoms with Gasteiger partial charge in [0.25, 0.3) is 0 Å². The van der Waals surface area contributed by atoms with Gasteiger partial charge in [-0.25, -0.2) is 14.8 Å². The molecule has 0 atom stereocenters. The van der Waals surface area contributed by atoms with E-state index in [1.54, 1.807) is 13.2 Å². The van der Waals surface area contributed by atoms with Gasteiger partial charge in [0.1, 0.15) is 5.82 Å². The lowest BCUT2D eigenvalue weighted by Gasteiger charge is -2.17. The normalized spacial score (nSPS) is 11.1. The fraction of sp³-hybridized carbons (Fsp3) is 0.625. The summed E-state index contributed by atoms with van der Waals surface area (Å²) in [5.41, 5.74) is 0.871. The van der Waals surface area contributed by atoms with E-state index in [-0.39, 0.29) is 24.4 Å². The van der Waals surface area contributed by atoms with Crippen molar-refractivity contribution in [3.05, 3.63) is 23.8 Å². The molecule has 0 fully saturated rings. The Morgan fingerprint density at radius 1 is 1.35 bits per heavy atom. The Balaban J connectivity index is 2.35. The molecule has 0 aliphatic heterocycles. The third kappa shape index (κ3) is 7.08. The highest BCUT2D eigenvalue weighted by molar-refractivity contribution is 5.74. The third-order valence-electron chi connectivity index (χ3n) is 3.28. The van der Waals surface area contributed by atoms with Crippen LogP contribution in [0, 0.1) is 0 Å². The van der Waals surface area contributed by atoms with Gasteiger partial charge >= 0.3 is 12.0 Å². The molecule has 1 heterocycles. The minimum atomic E-state index is -0.914. The van der Waals surface area contributed by atoms with Crippen LogP contribution in [0.3, 0.4) is 0 Å². The molecule has 0 aliphatic carbocycles. The van der Waals surface area contributed by atoms with Gasteiger partial charge in [0.2, 0.25) is 0 Å². The summed E-state index contributed by atoms with van der Waals surface area (Å²) >= 11 is 0. The van der Waals surface area contributed by atoms with Gasteiger partial charge in [-0.2, -0.15) is 0 Å². The largest absolute Gasteiger partial charge is 0.481 e. The molecular formula is C16H26N4O3. The molecule has 128 valence electrons. The van der Waals surface area contributed by atoms with E-state index < -0.39 is 5.97 Å². The van der Waals surface area contributed by atoms with E-state index in [9.17, 15) is 9.59 Å². The van der Waals surface area contributed by atoms with Gasteiger partial charge in [-0.1, -0.05) is 20.8 Å². The molecule has 1 aromatic rings. The average Bonchev–Trinajstić information content (AvgIpc) is 2.48. The van der Waals surface area contributed by atoms with Crippen LogP contribution in [0.15, 0.2) is 12.3 Å². The maximum atomic E-state index is 11.7. The van der Waals surface area contributed by atoms with Crippen LogP contribution < -0.4 is 5.32 Å². The highest BCUT2D eigenvalue weighted by Gasteiger charge is 2.17. The number of carboxylic acid groups (broad SMARTS) is 1. The van der Waals surface area contributed by atoms with Crippen molar-refractivity contribution < 1.29 is 14.7 Å². The number of nitrogens with zero attached hydrogens (tertiary/aromatic N) is 3. The Labute approximate surface area is 137 Å². The van der Waals surface area contributed by atoms with E-state index in [2.05, 4.69) is 36.1 Å². The minimum absolute atomic E-state index is 0.0551. The fourth-order valence-electron chi connectivity index (χ4n) is 1.86. The van der Waals surface area contributed by atoms with Crippen LogP contribution in [-0.2, 0) is 16.6 Å². The lowest BCUT2D eigenvalue weighted by atomic mass is 9.95. The van der Waals surface area contributed by atoms with E-state index in [4.69, 9.17) is 5.11 Å². The van der Waals surface area contributed by atoms with Gasteiger partial charge in [-0.05, 0) is 18.9 Å². The molecule has 0 unspecified atom stereocenters. The van der Waals surface area contributed by atoms with Gasteiger partial charge in [-0.3, -0.25) is 4.79 Å². The van der Waals surface area contributed by atoms with Crippen LogP contribution in [0.5, 0.6) is 0 Å². The van der Waals surface area contributed by atoms with E-state index in [0.29, 0.717) is 6.54 Å². The second-order valence-electron chi connectivity index (χ2n) is 6.52. The number of carboxylic acids is 1. The first-order chi connectivity index (χ1) is 10.7. The molecule has 0 bridgehead atoms. The smallest absolute Gasteiger partial charge is 0.317 e. The summed E-state index contributed by atoms with van der Waals surface area (Å²) in [4.78, 5) is 32.4. The van der Waals surface area contributed by atoms with Crippen molar-refractivity contribution in [2.24, 2.45) is 0 Å². The lowest BCUT2D eigenvalue weighted by molar-refractivity contribution is -0.137. The monoisotopic (exact) mass is 322 g/mol. The molecule has 0 saturated carbocycles. The van der Waals surface area contributed by atoms with Crippen molar-refractivity contribution in [2.45, 2.75) is 45.4 Å². The molecular weight excluding hydrogens is 296 g/mol. The van der Waals surface area contributed by atoms with Crippen LogP contribution >= 0.6 is 0 Å². The number of hydrogen-bond donors (Lipinski definition) is 2. The first-order valence-corrected chi connectivity index (χ1v) is 7.73. The van der Waals surface area contributed by atoms with Crippen LogP contribution in [0.2, 0.25) is 0 Å². The first kappa shape index (κ1) is 18.9.